The SMILES string of the molecule is COc1ccc(/C=C/[N+](=O)[O-])cc1OP(=O)(O)O. The first kappa shape index (κ1) is 14.2. The van der Waals surface area contributed by atoms with Crippen LogP contribution in [-0.4, -0.2) is 21.8 Å². The number of methoxy groups -OCH3 is 1. The average molecular weight is 275 g/mol. The molecule has 0 aliphatic carbocycles. The van der Waals surface area contributed by atoms with E-state index in [0.29, 0.717) is 11.8 Å². The molecule has 0 saturated heterocycles. The van der Waals surface area contributed by atoms with Crippen LogP contribution in [0.1, 0.15) is 5.56 Å². The minimum atomic E-state index is -4.72. The Morgan fingerprint density at radius 3 is 2.56 bits per heavy atom. The fourth-order valence-electron chi connectivity index (χ4n) is 1.14. The predicted molar refractivity (Wildman–Crippen MR) is 61.7 cm³/mol. The van der Waals surface area contributed by atoms with Crippen LogP contribution in [0.4, 0.5) is 0 Å². The Bertz CT molecular complexity index is 522. The summed E-state index contributed by atoms with van der Waals surface area (Å²) in [6, 6.07) is 4.08. The molecule has 2 N–H and O–H groups in total. The molecular weight excluding hydrogens is 265 g/mol. The molecule has 0 saturated carbocycles. The first-order valence-corrected chi connectivity index (χ1v) is 6.10. The minimum Gasteiger partial charge on any atom is -0.493 e. The van der Waals surface area contributed by atoms with Crippen molar-refractivity contribution in [1.29, 1.82) is 0 Å². The highest BCUT2D eigenvalue weighted by Crippen LogP contribution is 2.42. The lowest BCUT2D eigenvalue weighted by atomic mass is 10.2. The molecule has 1 aromatic rings. The van der Waals surface area contributed by atoms with Crippen LogP contribution in [0.15, 0.2) is 24.4 Å². The fourth-order valence-corrected chi connectivity index (χ4v) is 1.54. The summed E-state index contributed by atoms with van der Waals surface area (Å²) >= 11 is 0. The van der Waals surface area contributed by atoms with Crippen molar-refractivity contribution in [3.8, 4) is 11.5 Å². The van der Waals surface area contributed by atoms with Crippen molar-refractivity contribution >= 4 is 13.9 Å². The summed E-state index contributed by atoms with van der Waals surface area (Å²) in [4.78, 5) is 26.9. The average Bonchev–Trinajstić information content (AvgIpc) is 2.24. The van der Waals surface area contributed by atoms with Gasteiger partial charge in [-0.2, -0.15) is 0 Å². The number of hydrogen-bond acceptors (Lipinski definition) is 5. The highest BCUT2D eigenvalue weighted by molar-refractivity contribution is 7.46. The van der Waals surface area contributed by atoms with E-state index in [4.69, 9.17) is 14.5 Å². The first-order valence-electron chi connectivity index (χ1n) is 4.57. The highest BCUT2D eigenvalue weighted by atomic mass is 31.2. The molecule has 98 valence electrons. The van der Waals surface area contributed by atoms with E-state index in [1.807, 2.05) is 0 Å². The van der Waals surface area contributed by atoms with Gasteiger partial charge in [0, 0.05) is 6.08 Å². The van der Waals surface area contributed by atoms with Gasteiger partial charge in [0.15, 0.2) is 11.5 Å². The summed E-state index contributed by atoms with van der Waals surface area (Å²) in [6.45, 7) is 0. The molecule has 0 bridgehead atoms. The molecule has 0 unspecified atom stereocenters. The van der Waals surface area contributed by atoms with Gasteiger partial charge in [0.05, 0.1) is 12.0 Å². The lowest BCUT2D eigenvalue weighted by Crippen LogP contribution is -1.94. The second kappa shape index (κ2) is 5.63. The lowest BCUT2D eigenvalue weighted by molar-refractivity contribution is -0.400. The molecule has 18 heavy (non-hydrogen) atoms. The lowest BCUT2D eigenvalue weighted by Gasteiger charge is -2.11. The Balaban J connectivity index is 3.09. The van der Waals surface area contributed by atoms with Crippen molar-refractivity contribution in [2.24, 2.45) is 0 Å². The van der Waals surface area contributed by atoms with Crippen LogP contribution in [0.5, 0.6) is 11.5 Å². The fraction of sp³-hybridized carbons (Fsp3) is 0.111. The van der Waals surface area contributed by atoms with E-state index < -0.39 is 12.7 Å². The van der Waals surface area contributed by atoms with Crippen molar-refractivity contribution in [1.82, 2.24) is 0 Å². The van der Waals surface area contributed by atoms with Gasteiger partial charge in [0.1, 0.15) is 0 Å². The molecule has 0 heterocycles. The van der Waals surface area contributed by atoms with Crippen LogP contribution in [0.2, 0.25) is 0 Å². The monoisotopic (exact) mass is 275 g/mol. The van der Waals surface area contributed by atoms with Crippen LogP contribution < -0.4 is 9.26 Å². The van der Waals surface area contributed by atoms with Gasteiger partial charge in [-0.1, -0.05) is 6.07 Å². The minimum absolute atomic E-state index is 0.108. The number of nitrogens with zero attached hydrogens (tertiary/aromatic N) is 1. The molecule has 1 rings (SSSR count). The van der Waals surface area contributed by atoms with E-state index in [2.05, 4.69) is 4.52 Å². The van der Waals surface area contributed by atoms with Crippen LogP contribution in [0.25, 0.3) is 6.08 Å². The van der Waals surface area contributed by atoms with Crippen LogP contribution >= 0.6 is 7.82 Å². The molecule has 0 spiro atoms. The van der Waals surface area contributed by atoms with Crippen LogP contribution in [0.3, 0.4) is 0 Å². The number of rotatable bonds is 5. The second-order valence-electron chi connectivity index (χ2n) is 3.09. The van der Waals surface area contributed by atoms with E-state index in [1.165, 1.54) is 25.3 Å². The van der Waals surface area contributed by atoms with Crippen LogP contribution in [-0.2, 0) is 4.57 Å². The quantitative estimate of drug-likeness (QED) is 0.473. The van der Waals surface area contributed by atoms with Gasteiger partial charge in [-0.25, -0.2) is 4.57 Å². The summed E-state index contributed by atoms with van der Waals surface area (Å²) in [5, 5.41) is 10.1. The maximum absolute atomic E-state index is 10.7. The molecule has 0 radical (unpaired) electrons. The van der Waals surface area contributed by atoms with Gasteiger partial charge < -0.3 is 9.26 Å². The van der Waals surface area contributed by atoms with E-state index >= 15 is 0 Å². The van der Waals surface area contributed by atoms with Gasteiger partial charge in [-0.05, 0) is 17.7 Å². The molecule has 0 amide bonds. The summed E-state index contributed by atoms with van der Waals surface area (Å²) < 4.78 is 20.0. The third-order valence-electron chi connectivity index (χ3n) is 1.79. The Kier molecular flexibility index (Phi) is 4.43. The molecule has 0 fully saturated rings. The number of hydrogen-bond donors (Lipinski definition) is 2. The van der Waals surface area contributed by atoms with Gasteiger partial charge in [0.25, 0.3) is 0 Å². The maximum atomic E-state index is 10.7. The Hall–Kier alpha value is -1.89. The topological polar surface area (TPSA) is 119 Å². The Morgan fingerprint density at radius 1 is 1.39 bits per heavy atom. The molecular formula is C9H10NO7P. The van der Waals surface area contributed by atoms with E-state index in [0.717, 1.165) is 6.08 Å². The number of ether oxygens (including phenoxy) is 1. The zero-order chi connectivity index (χ0) is 13.8. The Morgan fingerprint density at radius 2 is 2.06 bits per heavy atom. The highest BCUT2D eigenvalue weighted by Gasteiger charge is 2.19. The number of phosphoric ester groups is 1. The third kappa shape index (κ3) is 4.54. The van der Waals surface area contributed by atoms with Crippen molar-refractivity contribution in [2.45, 2.75) is 0 Å². The summed E-state index contributed by atoms with van der Waals surface area (Å²) in [5.74, 6) is -0.0899. The smallest absolute Gasteiger partial charge is 0.493 e. The summed E-state index contributed by atoms with van der Waals surface area (Å²) in [6.07, 6.45) is 1.86. The first-order chi connectivity index (χ1) is 8.31. The summed E-state index contributed by atoms with van der Waals surface area (Å²) in [5.41, 5.74) is 0.343. The predicted octanol–water partition coefficient (Wildman–Crippen LogP) is 1.41. The second-order valence-corrected chi connectivity index (χ2v) is 4.26. The van der Waals surface area contributed by atoms with Gasteiger partial charge >= 0.3 is 7.82 Å². The van der Waals surface area contributed by atoms with E-state index in [1.54, 1.807) is 0 Å². The Labute approximate surface area is 102 Å². The summed E-state index contributed by atoms with van der Waals surface area (Å²) in [7, 11) is -3.42. The number of nitro groups is 1. The molecule has 9 heteroatoms. The van der Waals surface area contributed by atoms with Gasteiger partial charge in [-0.15, -0.1) is 0 Å². The van der Waals surface area contributed by atoms with Crippen molar-refractivity contribution in [3.63, 3.8) is 0 Å². The zero-order valence-corrected chi connectivity index (χ0v) is 10.1. The standard InChI is InChI=1S/C9H10NO7P/c1-16-8-3-2-7(4-5-10(11)12)6-9(8)17-18(13,14)15/h2-6H,1H3,(H2,13,14,15)/b5-4+. The normalized spacial score (nSPS) is 11.5. The molecule has 0 aliphatic heterocycles. The molecule has 0 aromatic heterocycles. The largest absolute Gasteiger partial charge is 0.524 e. The van der Waals surface area contributed by atoms with Gasteiger partial charge in [-0.3, -0.25) is 19.9 Å². The molecule has 8 nitrogen and oxygen atoms in total. The van der Waals surface area contributed by atoms with Crippen molar-refractivity contribution in [2.75, 3.05) is 7.11 Å². The van der Waals surface area contributed by atoms with Crippen molar-refractivity contribution < 1.29 is 28.5 Å². The maximum Gasteiger partial charge on any atom is 0.524 e. The zero-order valence-electron chi connectivity index (χ0n) is 9.22. The number of benzene rings is 1. The third-order valence-corrected chi connectivity index (χ3v) is 2.23. The van der Waals surface area contributed by atoms with Crippen molar-refractivity contribution in [3.05, 3.63) is 40.1 Å². The molecule has 0 atom stereocenters. The van der Waals surface area contributed by atoms with Crippen LogP contribution in [0, 0.1) is 10.1 Å². The van der Waals surface area contributed by atoms with E-state index in [-0.39, 0.29) is 11.5 Å². The number of phosphoric acid groups is 1. The van der Waals surface area contributed by atoms with Gasteiger partial charge in [0.2, 0.25) is 6.20 Å². The van der Waals surface area contributed by atoms with E-state index in [9.17, 15) is 14.7 Å². The molecule has 1 aromatic carbocycles. The molecule has 0 aliphatic rings.